The van der Waals surface area contributed by atoms with Gasteiger partial charge < -0.3 is 14.4 Å². The number of benzene rings is 1. The Bertz CT molecular complexity index is 756. The molecule has 152 valence electrons. The van der Waals surface area contributed by atoms with Gasteiger partial charge in [-0.3, -0.25) is 14.5 Å². The Labute approximate surface area is 169 Å². The second kappa shape index (κ2) is 8.82. The number of ether oxygens (including phenoxy) is 2. The zero-order valence-corrected chi connectivity index (χ0v) is 16.7. The lowest BCUT2D eigenvalue weighted by atomic mass is 9.75. The van der Waals surface area contributed by atoms with E-state index in [2.05, 4.69) is 0 Å². The molecule has 0 bridgehead atoms. The van der Waals surface area contributed by atoms with Gasteiger partial charge in [0.1, 0.15) is 13.2 Å². The molecule has 0 spiro atoms. The molecule has 8 heteroatoms. The summed E-state index contributed by atoms with van der Waals surface area (Å²) in [5.41, 5.74) is 0.109. The molecule has 2 aliphatic rings. The number of carbonyl (C=O) groups is 3. The molecule has 7 nitrogen and oxygen atoms in total. The molecule has 1 aromatic carbocycles. The normalized spacial score (nSPS) is 22.1. The number of nitrogens with zero attached hydrogens (tertiary/aromatic N) is 2. The number of hydrogen-bond donors (Lipinski definition) is 0. The number of likely N-dealkylation sites (tertiary alicyclic amines) is 1. The number of esters is 1. The Morgan fingerprint density at radius 1 is 1.32 bits per heavy atom. The summed E-state index contributed by atoms with van der Waals surface area (Å²) in [6.07, 6.45) is 1.30. The van der Waals surface area contributed by atoms with Gasteiger partial charge in [-0.15, -0.1) is 0 Å². The summed E-state index contributed by atoms with van der Waals surface area (Å²) < 4.78 is 10.3. The highest BCUT2D eigenvalue weighted by molar-refractivity contribution is 6.30. The maximum absolute atomic E-state index is 12.9. The molecular formula is C20H25ClN2O5. The van der Waals surface area contributed by atoms with Crippen molar-refractivity contribution >= 4 is 29.6 Å². The standard InChI is InChI=1S/C20H25ClN2O5/c1-2-27-18(25)20(12-15-5-3-6-16(21)11-15)7-4-8-23(14-20)17(24)13-22-9-10-28-19(22)26/h3,5-6,11H,2,4,7-10,12-14H2,1H3. The summed E-state index contributed by atoms with van der Waals surface area (Å²) in [6.45, 7) is 3.55. The second-order valence-electron chi connectivity index (χ2n) is 7.26. The third kappa shape index (κ3) is 4.58. The minimum atomic E-state index is -0.819. The fraction of sp³-hybridized carbons (Fsp3) is 0.550. The smallest absolute Gasteiger partial charge is 0.410 e. The van der Waals surface area contributed by atoms with Crippen LogP contribution in [0.1, 0.15) is 25.3 Å². The molecule has 2 amide bonds. The van der Waals surface area contributed by atoms with Crippen molar-refractivity contribution < 1.29 is 23.9 Å². The second-order valence-corrected chi connectivity index (χ2v) is 7.70. The van der Waals surface area contributed by atoms with Crippen molar-refractivity contribution in [2.45, 2.75) is 26.2 Å². The zero-order valence-electron chi connectivity index (χ0n) is 16.0. The Morgan fingerprint density at radius 3 is 2.82 bits per heavy atom. The summed E-state index contributed by atoms with van der Waals surface area (Å²) in [6, 6.07) is 7.40. The molecule has 0 radical (unpaired) electrons. The Balaban J connectivity index is 1.77. The van der Waals surface area contributed by atoms with Gasteiger partial charge in [0.25, 0.3) is 0 Å². The van der Waals surface area contributed by atoms with Crippen molar-refractivity contribution in [2.24, 2.45) is 5.41 Å². The highest BCUT2D eigenvalue weighted by Gasteiger charge is 2.45. The van der Waals surface area contributed by atoms with Crippen LogP contribution in [-0.2, 0) is 25.5 Å². The van der Waals surface area contributed by atoms with Crippen LogP contribution in [-0.4, -0.2) is 67.2 Å². The molecule has 3 rings (SSSR count). The Hall–Kier alpha value is -2.28. The predicted octanol–water partition coefficient (Wildman–Crippen LogP) is 2.51. The van der Waals surface area contributed by atoms with Crippen LogP contribution < -0.4 is 0 Å². The minimum Gasteiger partial charge on any atom is -0.466 e. The van der Waals surface area contributed by atoms with E-state index in [9.17, 15) is 14.4 Å². The first-order valence-corrected chi connectivity index (χ1v) is 9.92. The number of amides is 2. The van der Waals surface area contributed by atoms with Gasteiger partial charge in [0.05, 0.1) is 18.6 Å². The molecule has 0 aliphatic carbocycles. The summed E-state index contributed by atoms with van der Waals surface area (Å²) in [7, 11) is 0. The summed E-state index contributed by atoms with van der Waals surface area (Å²) in [5, 5.41) is 0.604. The maximum Gasteiger partial charge on any atom is 0.410 e. The first-order chi connectivity index (χ1) is 13.4. The highest BCUT2D eigenvalue weighted by atomic mass is 35.5. The molecule has 2 fully saturated rings. The molecule has 0 aromatic heterocycles. The molecule has 1 aromatic rings. The van der Waals surface area contributed by atoms with Gasteiger partial charge in [0, 0.05) is 18.1 Å². The van der Waals surface area contributed by atoms with Crippen molar-refractivity contribution in [2.75, 3.05) is 39.4 Å². The van der Waals surface area contributed by atoms with E-state index in [1.165, 1.54) is 4.90 Å². The third-order valence-corrected chi connectivity index (χ3v) is 5.48. The third-order valence-electron chi connectivity index (χ3n) is 5.24. The van der Waals surface area contributed by atoms with E-state index >= 15 is 0 Å². The number of piperidine rings is 1. The van der Waals surface area contributed by atoms with Crippen molar-refractivity contribution in [3.8, 4) is 0 Å². The van der Waals surface area contributed by atoms with Gasteiger partial charge in [-0.1, -0.05) is 23.7 Å². The average Bonchev–Trinajstić information content (AvgIpc) is 3.06. The van der Waals surface area contributed by atoms with Crippen molar-refractivity contribution in [1.29, 1.82) is 0 Å². The van der Waals surface area contributed by atoms with E-state index in [1.54, 1.807) is 17.9 Å². The fourth-order valence-corrected chi connectivity index (χ4v) is 4.10. The van der Waals surface area contributed by atoms with Gasteiger partial charge in [-0.05, 0) is 43.9 Å². The summed E-state index contributed by atoms with van der Waals surface area (Å²) in [4.78, 5) is 40.4. The van der Waals surface area contributed by atoms with Crippen LogP contribution in [0.2, 0.25) is 5.02 Å². The van der Waals surface area contributed by atoms with Crippen LogP contribution >= 0.6 is 11.6 Å². The molecule has 0 saturated carbocycles. The number of carbonyl (C=O) groups excluding carboxylic acids is 3. The van der Waals surface area contributed by atoms with Crippen LogP contribution in [0.5, 0.6) is 0 Å². The number of halogens is 1. The summed E-state index contributed by atoms with van der Waals surface area (Å²) in [5.74, 6) is -0.480. The van der Waals surface area contributed by atoms with E-state index in [0.29, 0.717) is 44.0 Å². The molecule has 2 heterocycles. The molecule has 2 saturated heterocycles. The van der Waals surface area contributed by atoms with Gasteiger partial charge in [-0.2, -0.15) is 0 Å². The largest absolute Gasteiger partial charge is 0.466 e. The van der Waals surface area contributed by atoms with Gasteiger partial charge in [0.15, 0.2) is 0 Å². The maximum atomic E-state index is 12.9. The topological polar surface area (TPSA) is 76.2 Å². The zero-order chi connectivity index (χ0) is 20.1. The minimum absolute atomic E-state index is 0.0328. The lowest BCUT2D eigenvalue weighted by Crippen LogP contribution is -2.53. The Morgan fingerprint density at radius 2 is 2.14 bits per heavy atom. The molecule has 28 heavy (non-hydrogen) atoms. The molecule has 2 aliphatic heterocycles. The van der Waals surface area contributed by atoms with Gasteiger partial charge >= 0.3 is 12.1 Å². The molecule has 0 N–H and O–H groups in total. The summed E-state index contributed by atoms with van der Waals surface area (Å²) >= 11 is 6.11. The van der Waals surface area contributed by atoms with Gasteiger partial charge in [0.2, 0.25) is 5.91 Å². The SMILES string of the molecule is CCOC(=O)C1(Cc2cccc(Cl)c2)CCCN(C(=O)CN2CCOC2=O)C1. The lowest BCUT2D eigenvalue weighted by molar-refractivity contribution is -0.160. The predicted molar refractivity (Wildman–Crippen MR) is 103 cm³/mol. The first-order valence-electron chi connectivity index (χ1n) is 9.55. The number of hydrogen-bond acceptors (Lipinski definition) is 5. The molecule has 1 atom stereocenters. The van der Waals surface area contributed by atoms with E-state index in [1.807, 2.05) is 18.2 Å². The van der Waals surface area contributed by atoms with Crippen LogP contribution in [0.4, 0.5) is 4.79 Å². The van der Waals surface area contributed by atoms with E-state index in [-0.39, 0.29) is 31.6 Å². The number of cyclic esters (lactones) is 1. The fourth-order valence-electron chi connectivity index (χ4n) is 3.88. The number of rotatable bonds is 6. The quantitative estimate of drug-likeness (QED) is 0.676. The van der Waals surface area contributed by atoms with Crippen LogP contribution in [0, 0.1) is 5.41 Å². The van der Waals surface area contributed by atoms with Crippen LogP contribution in [0.3, 0.4) is 0 Å². The van der Waals surface area contributed by atoms with Crippen LogP contribution in [0.15, 0.2) is 24.3 Å². The Kier molecular flexibility index (Phi) is 6.44. The van der Waals surface area contributed by atoms with E-state index < -0.39 is 11.5 Å². The lowest BCUT2D eigenvalue weighted by Gasteiger charge is -2.41. The van der Waals surface area contributed by atoms with E-state index in [0.717, 1.165) is 5.56 Å². The highest BCUT2D eigenvalue weighted by Crippen LogP contribution is 2.36. The van der Waals surface area contributed by atoms with Crippen LogP contribution in [0.25, 0.3) is 0 Å². The van der Waals surface area contributed by atoms with Crippen molar-refractivity contribution in [3.63, 3.8) is 0 Å². The first kappa shape index (κ1) is 20.5. The van der Waals surface area contributed by atoms with Gasteiger partial charge in [-0.25, -0.2) is 4.79 Å². The average molecular weight is 409 g/mol. The monoisotopic (exact) mass is 408 g/mol. The van der Waals surface area contributed by atoms with E-state index in [4.69, 9.17) is 21.1 Å². The molecule has 1 unspecified atom stereocenters. The molecular weight excluding hydrogens is 384 g/mol. The van der Waals surface area contributed by atoms with Crippen molar-refractivity contribution in [1.82, 2.24) is 9.80 Å². The van der Waals surface area contributed by atoms with Crippen molar-refractivity contribution in [3.05, 3.63) is 34.9 Å².